The maximum Gasteiger partial charge on any atom is 0.249 e. The normalized spacial score (nSPS) is 20.0. The molecule has 0 spiro atoms. The van der Waals surface area contributed by atoms with Gasteiger partial charge in [-0.05, 0) is 24.6 Å². The van der Waals surface area contributed by atoms with Gasteiger partial charge in [-0.3, -0.25) is 14.9 Å². The summed E-state index contributed by atoms with van der Waals surface area (Å²) in [6, 6.07) is 3.35. The highest BCUT2D eigenvalue weighted by atomic mass is 35.5. The minimum absolute atomic E-state index is 0.203. The van der Waals surface area contributed by atoms with Crippen LogP contribution < -0.4 is 10.6 Å². The average molecular weight is 257 g/mol. The first-order valence-corrected chi connectivity index (χ1v) is 5.49. The van der Waals surface area contributed by atoms with Crippen molar-refractivity contribution in [3.05, 3.63) is 29.0 Å². The molecule has 6 heteroatoms. The van der Waals surface area contributed by atoms with E-state index < -0.39 is 11.9 Å². The van der Waals surface area contributed by atoms with Gasteiger partial charge < -0.3 is 5.32 Å². The van der Waals surface area contributed by atoms with E-state index in [1.54, 1.807) is 0 Å². The number of hydrogen-bond acceptors (Lipinski definition) is 3. The Hall–Kier alpha value is -1.62. The van der Waals surface area contributed by atoms with Crippen molar-refractivity contribution < 1.29 is 14.0 Å². The van der Waals surface area contributed by atoms with Gasteiger partial charge in [0.05, 0.1) is 10.7 Å². The number of imide groups is 1. The summed E-state index contributed by atoms with van der Waals surface area (Å²) >= 11 is 5.82. The third-order valence-electron chi connectivity index (χ3n) is 2.50. The fraction of sp³-hybridized carbons (Fsp3) is 0.273. The van der Waals surface area contributed by atoms with E-state index in [4.69, 9.17) is 11.6 Å². The lowest BCUT2D eigenvalue weighted by molar-refractivity contribution is -0.133. The van der Waals surface area contributed by atoms with Crippen molar-refractivity contribution >= 4 is 29.1 Å². The van der Waals surface area contributed by atoms with Crippen molar-refractivity contribution in [1.82, 2.24) is 5.32 Å². The Bertz CT molecular complexity index is 479. The zero-order valence-corrected chi connectivity index (χ0v) is 9.55. The van der Waals surface area contributed by atoms with Gasteiger partial charge in [-0.25, -0.2) is 4.39 Å². The van der Waals surface area contributed by atoms with Gasteiger partial charge in [-0.1, -0.05) is 11.6 Å². The van der Waals surface area contributed by atoms with Crippen LogP contribution in [0.4, 0.5) is 10.1 Å². The number of benzene rings is 1. The molecule has 1 unspecified atom stereocenters. The van der Waals surface area contributed by atoms with Crippen LogP contribution in [0, 0.1) is 5.82 Å². The summed E-state index contributed by atoms with van der Waals surface area (Å²) in [5.74, 6) is -1.11. The van der Waals surface area contributed by atoms with Crippen LogP contribution in [-0.2, 0) is 9.59 Å². The number of amides is 2. The molecule has 0 aromatic heterocycles. The Kier molecular flexibility index (Phi) is 3.28. The number of halogens is 2. The quantitative estimate of drug-likeness (QED) is 0.792. The Morgan fingerprint density at radius 3 is 2.82 bits per heavy atom. The molecule has 1 fully saturated rings. The molecule has 1 aromatic carbocycles. The van der Waals surface area contributed by atoms with Crippen LogP contribution in [-0.4, -0.2) is 17.9 Å². The van der Waals surface area contributed by atoms with Crippen LogP contribution in [0.15, 0.2) is 18.2 Å². The molecule has 0 radical (unpaired) electrons. The van der Waals surface area contributed by atoms with Gasteiger partial charge in [-0.15, -0.1) is 0 Å². The highest BCUT2D eigenvalue weighted by molar-refractivity contribution is 6.33. The predicted molar refractivity (Wildman–Crippen MR) is 61.2 cm³/mol. The molecule has 0 bridgehead atoms. The standard InChI is InChI=1S/C11H10ClFN2O2/c12-7-5-6(13)1-2-8(7)14-9-3-4-10(16)15-11(9)17/h1-2,5,9,14H,3-4H2,(H,15,16,17). The Morgan fingerprint density at radius 1 is 1.41 bits per heavy atom. The minimum atomic E-state index is -0.518. The van der Waals surface area contributed by atoms with E-state index in [1.165, 1.54) is 12.1 Å². The second kappa shape index (κ2) is 4.71. The number of hydrogen-bond donors (Lipinski definition) is 2. The third-order valence-corrected chi connectivity index (χ3v) is 2.81. The molecule has 4 nitrogen and oxygen atoms in total. The lowest BCUT2D eigenvalue weighted by Gasteiger charge is -2.23. The smallest absolute Gasteiger partial charge is 0.249 e. The summed E-state index contributed by atoms with van der Waals surface area (Å²) < 4.78 is 12.8. The van der Waals surface area contributed by atoms with Crippen molar-refractivity contribution in [2.75, 3.05) is 5.32 Å². The van der Waals surface area contributed by atoms with E-state index in [9.17, 15) is 14.0 Å². The summed E-state index contributed by atoms with van der Waals surface area (Å²) in [4.78, 5) is 22.4. The monoisotopic (exact) mass is 256 g/mol. The topological polar surface area (TPSA) is 58.2 Å². The highest BCUT2D eigenvalue weighted by Gasteiger charge is 2.26. The fourth-order valence-corrected chi connectivity index (χ4v) is 1.85. The van der Waals surface area contributed by atoms with Gasteiger partial charge in [0.2, 0.25) is 11.8 Å². The van der Waals surface area contributed by atoms with E-state index in [0.29, 0.717) is 12.1 Å². The van der Waals surface area contributed by atoms with Gasteiger partial charge >= 0.3 is 0 Å². The van der Waals surface area contributed by atoms with Gasteiger partial charge in [0.15, 0.2) is 0 Å². The van der Waals surface area contributed by atoms with Crippen molar-refractivity contribution in [1.29, 1.82) is 0 Å². The first kappa shape index (κ1) is 11.9. The number of anilines is 1. The van der Waals surface area contributed by atoms with E-state index in [-0.39, 0.29) is 23.3 Å². The second-order valence-electron chi connectivity index (χ2n) is 3.77. The number of piperidine rings is 1. The Morgan fingerprint density at radius 2 is 2.18 bits per heavy atom. The third kappa shape index (κ3) is 2.74. The Labute approximate surface area is 102 Å². The molecular formula is C11H10ClFN2O2. The molecule has 1 atom stereocenters. The number of nitrogens with one attached hydrogen (secondary N) is 2. The van der Waals surface area contributed by atoms with Gasteiger partial charge in [-0.2, -0.15) is 0 Å². The van der Waals surface area contributed by atoms with Gasteiger partial charge in [0, 0.05) is 6.42 Å². The Balaban J connectivity index is 2.10. The second-order valence-corrected chi connectivity index (χ2v) is 4.18. The van der Waals surface area contributed by atoms with Crippen molar-refractivity contribution in [3.8, 4) is 0 Å². The molecule has 0 saturated carbocycles. The summed E-state index contributed by atoms with van der Waals surface area (Å²) in [6.07, 6.45) is 0.681. The summed E-state index contributed by atoms with van der Waals surface area (Å²) in [6.45, 7) is 0. The zero-order valence-electron chi connectivity index (χ0n) is 8.80. The molecule has 1 aliphatic rings. The highest BCUT2D eigenvalue weighted by Crippen LogP contribution is 2.24. The molecule has 2 N–H and O–H groups in total. The molecule has 17 heavy (non-hydrogen) atoms. The first-order valence-electron chi connectivity index (χ1n) is 5.11. The lowest BCUT2D eigenvalue weighted by Crippen LogP contribution is -2.47. The van der Waals surface area contributed by atoms with Crippen molar-refractivity contribution in [2.45, 2.75) is 18.9 Å². The van der Waals surface area contributed by atoms with Crippen molar-refractivity contribution in [2.24, 2.45) is 0 Å². The van der Waals surface area contributed by atoms with Crippen LogP contribution in [0.1, 0.15) is 12.8 Å². The largest absolute Gasteiger partial charge is 0.372 e. The molecular weight excluding hydrogens is 247 g/mol. The molecule has 1 heterocycles. The lowest BCUT2D eigenvalue weighted by atomic mass is 10.1. The van der Waals surface area contributed by atoms with Gasteiger partial charge in [0.1, 0.15) is 11.9 Å². The van der Waals surface area contributed by atoms with E-state index >= 15 is 0 Å². The predicted octanol–water partition coefficient (Wildman–Crippen LogP) is 1.70. The molecule has 1 aliphatic heterocycles. The van der Waals surface area contributed by atoms with Crippen LogP contribution in [0.3, 0.4) is 0 Å². The molecule has 2 rings (SSSR count). The van der Waals surface area contributed by atoms with Crippen molar-refractivity contribution in [3.63, 3.8) is 0 Å². The maximum absolute atomic E-state index is 12.8. The fourth-order valence-electron chi connectivity index (χ4n) is 1.63. The van der Waals surface area contributed by atoms with Crippen LogP contribution in [0.5, 0.6) is 0 Å². The SMILES string of the molecule is O=C1CCC(Nc2ccc(F)cc2Cl)C(=O)N1. The summed E-state index contributed by atoms with van der Waals surface area (Å²) in [5, 5.41) is 5.31. The maximum atomic E-state index is 12.8. The van der Waals surface area contributed by atoms with Gasteiger partial charge in [0.25, 0.3) is 0 Å². The summed E-state index contributed by atoms with van der Waals surface area (Å²) in [7, 11) is 0. The van der Waals surface area contributed by atoms with Crippen LogP contribution in [0.2, 0.25) is 5.02 Å². The van der Waals surface area contributed by atoms with Crippen LogP contribution in [0.25, 0.3) is 0 Å². The number of carbonyl (C=O) groups is 2. The molecule has 0 aliphatic carbocycles. The minimum Gasteiger partial charge on any atom is -0.372 e. The average Bonchev–Trinajstić information content (AvgIpc) is 2.25. The molecule has 1 saturated heterocycles. The number of rotatable bonds is 2. The van der Waals surface area contributed by atoms with E-state index in [0.717, 1.165) is 6.07 Å². The first-order chi connectivity index (χ1) is 8.06. The summed E-state index contributed by atoms with van der Waals surface area (Å²) in [5.41, 5.74) is 0.475. The van der Waals surface area contributed by atoms with Crippen LogP contribution >= 0.6 is 11.6 Å². The molecule has 90 valence electrons. The van der Waals surface area contributed by atoms with E-state index in [1.807, 2.05) is 0 Å². The van der Waals surface area contributed by atoms with E-state index in [2.05, 4.69) is 10.6 Å². The number of carbonyl (C=O) groups excluding carboxylic acids is 2. The molecule has 2 amide bonds. The molecule has 1 aromatic rings. The zero-order chi connectivity index (χ0) is 12.4.